The molecule has 3 N–H and O–H groups in total. The van der Waals surface area contributed by atoms with Crippen LogP contribution in [0.2, 0.25) is 0 Å². The Morgan fingerprint density at radius 3 is 2.12 bits per heavy atom. The van der Waals surface area contributed by atoms with Crippen molar-refractivity contribution in [3.05, 3.63) is 35.1 Å². The normalized spacial score (nSPS) is 15.2. The fourth-order valence-electron chi connectivity index (χ4n) is 0.749. The van der Waals surface area contributed by atoms with Crippen LogP contribution in [0.1, 0.15) is 13.8 Å². The second kappa shape index (κ2) is 5.39. The van der Waals surface area contributed by atoms with E-state index < -0.39 is 17.7 Å². The van der Waals surface area contributed by atoms with Crippen LogP contribution in [0.3, 0.4) is 0 Å². The summed E-state index contributed by atoms with van der Waals surface area (Å²) in [5.74, 6) is -1.37. The first-order chi connectivity index (χ1) is 7.20. The lowest BCUT2D eigenvalue weighted by Gasteiger charge is -2.05. The minimum absolute atomic E-state index is 0.0845. The number of hydrogen-bond acceptors (Lipinski definition) is 2. The van der Waals surface area contributed by atoms with Crippen molar-refractivity contribution in [2.75, 3.05) is 0 Å². The molecule has 0 atom stereocenters. The number of nitrogens with two attached hydrogens (primary N) is 1. The summed E-state index contributed by atoms with van der Waals surface area (Å²) in [4.78, 5) is 10.7. The molecule has 0 unspecified atom stereocenters. The van der Waals surface area contributed by atoms with Gasteiger partial charge in [0.25, 0.3) is 0 Å². The first kappa shape index (κ1) is 14.3. The number of carbonyl (C=O) groups is 1. The van der Waals surface area contributed by atoms with E-state index in [1.165, 1.54) is 13.0 Å². The van der Waals surface area contributed by atoms with Gasteiger partial charge >= 0.3 is 12.1 Å². The zero-order valence-corrected chi connectivity index (χ0v) is 8.80. The molecule has 0 aromatic heterocycles. The van der Waals surface area contributed by atoms with Gasteiger partial charge in [-0.15, -0.1) is 0 Å². The van der Waals surface area contributed by atoms with E-state index in [9.17, 15) is 18.0 Å². The summed E-state index contributed by atoms with van der Waals surface area (Å²) in [5, 5.41) is 8.69. The first-order valence-electron chi connectivity index (χ1n) is 4.31. The van der Waals surface area contributed by atoms with Crippen molar-refractivity contribution in [3.8, 4) is 0 Å². The first-order valence-corrected chi connectivity index (χ1v) is 4.31. The van der Waals surface area contributed by atoms with Gasteiger partial charge in [0.2, 0.25) is 0 Å². The van der Waals surface area contributed by atoms with E-state index in [-0.39, 0.29) is 11.3 Å². The van der Waals surface area contributed by atoms with Gasteiger partial charge in [0.1, 0.15) is 0 Å². The molecular weight excluding hydrogens is 223 g/mol. The highest BCUT2D eigenvalue weighted by Crippen LogP contribution is 2.25. The molecule has 0 aliphatic heterocycles. The number of carboxylic acids is 1. The summed E-state index contributed by atoms with van der Waals surface area (Å²) in [6, 6.07) is 0. The second-order valence-corrected chi connectivity index (χ2v) is 2.98. The van der Waals surface area contributed by atoms with Gasteiger partial charge in [-0.1, -0.05) is 12.2 Å². The predicted molar refractivity (Wildman–Crippen MR) is 53.5 cm³/mol. The largest absolute Gasteiger partial charge is 0.478 e. The predicted octanol–water partition coefficient (Wildman–Crippen LogP) is 2.37. The van der Waals surface area contributed by atoms with Gasteiger partial charge in [0.15, 0.2) is 0 Å². The Hall–Kier alpha value is -1.72. The van der Waals surface area contributed by atoms with Crippen LogP contribution in [0.25, 0.3) is 0 Å². The Balaban J connectivity index is 5.21. The van der Waals surface area contributed by atoms with Crippen LogP contribution in [-0.2, 0) is 4.79 Å². The fourth-order valence-corrected chi connectivity index (χ4v) is 0.749. The van der Waals surface area contributed by atoms with Crippen LogP contribution in [-0.4, -0.2) is 17.3 Å². The van der Waals surface area contributed by atoms with Gasteiger partial charge in [-0.05, 0) is 19.9 Å². The molecule has 0 aromatic rings. The maximum Gasteiger partial charge on any atom is 0.412 e. The van der Waals surface area contributed by atoms with Crippen molar-refractivity contribution in [2.24, 2.45) is 5.73 Å². The summed E-state index contributed by atoms with van der Waals surface area (Å²) >= 11 is 0. The van der Waals surface area contributed by atoms with Gasteiger partial charge in [0, 0.05) is 11.3 Å². The molecule has 0 saturated heterocycles. The maximum absolute atomic E-state index is 12.1. The third kappa shape index (κ3) is 4.20. The van der Waals surface area contributed by atoms with Crippen molar-refractivity contribution in [1.29, 1.82) is 0 Å². The van der Waals surface area contributed by atoms with Gasteiger partial charge < -0.3 is 10.8 Å². The van der Waals surface area contributed by atoms with E-state index in [0.717, 1.165) is 13.0 Å². The summed E-state index contributed by atoms with van der Waals surface area (Å²) in [6.07, 6.45) is -1.65. The highest BCUT2D eigenvalue weighted by atomic mass is 19.4. The highest BCUT2D eigenvalue weighted by Gasteiger charge is 2.29. The van der Waals surface area contributed by atoms with Gasteiger partial charge in [-0.3, -0.25) is 0 Å². The molecule has 0 rings (SSSR count). The molecule has 0 aliphatic rings. The minimum Gasteiger partial charge on any atom is -0.478 e. The van der Waals surface area contributed by atoms with Gasteiger partial charge in [-0.25, -0.2) is 4.79 Å². The molecule has 6 heteroatoms. The van der Waals surface area contributed by atoms with E-state index in [0.29, 0.717) is 6.08 Å². The molecule has 0 radical (unpaired) electrons. The Morgan fingerprint density at radius 1 is 1.31 bits per heavy atom. The van der Waals surface area contributed by atoms with Gasteiger partial charge in [-0.2, -0.15) is 13.2 Å². The Kier molecular flexibility index (Phi) is 4.81. The van der Waals surface area contributed by atoms with E-state index in [4.69, 9.17) is 10.8 Å². The second-order valence-electron chi connectivity index (χ2n) is 2.98. The molecule has 90 valence electrons. The molecule has 0 amide bonds. The Labute approximate surface area is 90.7 Å². The lowest BCUT2D eigenvalue weighted by Crippen LogP contribution is -2.11. The SMILES string of the molecule is C\C=C(N)/C(=C\C=C(/C)C(F)(F)F)C(=O)O. The van der Waals surface area contributed by atoms with E-state index in [2.05, 4.69) is 0 Å². The molecule has 0 bridgehead atoms. The van der Waals surface area contributed by atoms with Crippen molar-refractivity contribution in [1.82, 2.24) is 0 Å². The smallest absolute Gasteiger partial charge is 0.412 e. The molecule has 0 spiro atoms. The zero-order chi connectivity index (χ0) is 12.9. The fraction of sp³-hybridized carbons (Fsp3) is 0.300. The number of halogens is 3. The summed E-state index contributed by atoms with van der Waals surface area (Å²) in [6.45, 7) is 2.34. The average Bonchev–Trinajstić information content (AvgIpc) is 2.15. The van der Waals surface area contributed by atoms with Gasteiger partial charge in [0.05, 0.1) is 5.57 Å². The number of aliphatic carboxylic acids is 1. The van der Waals surface area contributed by atoms with Crippen molar-refractivity contribution >= 4 is 5.97 Å². The Morgan fingerprint density at radius 2 is 1.81 bits per heavy atom. The number of hydrogen-bond donors (Lipinski definition) is 2. The molecule has 0 aromatic carbocycles. The minimum atomic E-state index is -4.47. The van der Waals surface area contributed by atoms with Crippen LogP contribution in [0.15, 0.2) is 35.1 Å². The van der Waals surface area contributed by atoms with Crippen LogP contribution in [0, 0.1) is 0 Å². The van der Waals surface area contributed by atoms with Crippen molar-refractivity contribution in [3.63, 3.8) is 0 Å². The maximum atomic E-state index is 12.1. The van der Waals surface area contributed by atoms with Crippen LogP contribution < -0.4 is 5.73 Å². The monoisotopic (exact) mass is 235 g/mol. The van der Waals surface area contributed by atoms with Crippen molar-refractivity contribution in [2.45, 2.75) is 20.0 Å². The van der Waals surface area contributed by atoms with Crippen LogP contribution >= 0.6 is 0 Å². The summed E-state index contributed by atoms with van der Waals surface area (Å²) in [7, 11) is 0. The lowest BCUT2D eigenvalue weighted by atomic mass is 10.1. The molecular formula is C10H12F3NO2. The number of allylic oxidation sites excluding steroid dienone is 4. The zero-order valence-electron chi connectivity index (χ0n) is 8.80. The molecule has 0 aliphatic carbocycles. The summed E-state index contributed by atoms with van der Waals surface area (Å²) < 4.78 is 36.3. The third-order valence-corrected chi connectivity index (χ3v) is 1.80. The molecule has 3 nitrogen and oxygen atoms in total. The lowest BCUT2D eigenvalue weighted by molar-refractivity contribution is -0.132. The number of carboxylic acid groups (broad SMARTS) is 1. The van der Waals surface area contributed by atoms with Crippen LogP contribution in [0.4, 0.5) is 13.2 Å². The number of alkyl halides is 3. The van der Waals surface area contributed by atoms with Crippen molar-refractivity contribution < 1.29 is 23.1 Å². The molecule has 0 saturated carbocycles. The van der Waals surface area contributed by atoms with E-state index in [1.54, 1.807) is 0 Å². The summed E-state index contributed by atoms with van der Waals surface area (Å²) in [5.41, 5.74) is 3.97. The molecule has 16 heavy (non-hydrogen) atoms. The van der Waals surface area contributed by atoms with Crippen LogP contribution in [0.5, 0.6) is 0 Å². The molecule has 0 fully saturated rings. The topological polar surface area (TPSA) is 63.3 Å². The third-order valence-electron chi connectivity index (χ3n) is 1.80. The highest BCUT2D eigenvalue weighted by molar-refractivity contribution is 5.91. The standard InChI is InChI=1S/C10H12F3NO2/c1-3-8(14)7(9(15)16)5-4-6(2)10(11,12)13/h3-5H,14H2,1-2H3,(H,15,16)/b6-4+,7-5+,8-3+. The quantitative estimate of drug-likeness (QED) is 0.583. The van der Waals surface area contributed by atoms with E-state index >= 15 is 0 Å². The van der Waals surface area contributed by atoms with E-state index in [1.807, 2.05) is 0 Å². The Bertz CT molecular complexity index is 365. The molecule has 0 heterocycles. The number of rotatable bonds is 3. The average molecular weight is 235 g/mol.